The summed E-state index contributed by atoms with van der Waals surface area (Å²) in [6, 6.07) is 6.60. The zero-order valence-electron chi connectivity index (χ0n) is 9.61. The molecule has 0 bridgehead atoms. The molecule has 1 unspecified atom stereocenters. The summed E-state index contributed by atoms with van der Waals surface area (Å²) in [5.74, 6) is -2.24. The van der Waals surface area contributed by atoms with Crippen molar-refractivity contribution in [2.75, 3.05) is 0 Å². The SMILES string of the molecule is O=C(O)CC(C(=O)O)N1C=Cc2ccccc2C1. The number of benzene rings is 1. The van der Waals surface area contributed by atoms with E-state index in [2.05, 4.69) is 0 Å². The molecule has 18 heavy (non-hydrogen) atoms. The number of hydrogen-bond donors (Lipinski definition) is 2. The molecular formula is C13H13NO4. The highest BCUT2D eigenvalue weighted by molar-refractivity contribution is 5.81. The van der Waals surface area contributed by atoms with Gasteiger partial charge in [-0.15, -0.1) is 0 Å². The normalized spacial score (nSPS) is 15.0. The third-order valence-electron chi connectivity index (χ3n) is 2.91. The Morgan fingerprint density at radius 1 is 1.28 bits per heavy atom. The van der Waals surface area contributed by atoms with E-state index < -0.39 is 24.4 Å². The molecule has 1 atom stereocenters. The summed E-state index contributed by atoms with van der Waals surface area (Å²) in [4.78, 5) is 23.3. The van der Waals surface area contributed by atoms with E-state index in [1.807, 2.05) is 24.3 Å². The first-order valence-corrected chi connectivity index (χ1v) is 5.54. The van der Waals surface area contributed by atoms with Gasteiger partial charge in [-0.25, -0.2) is 4.79 Å². The van der Waals surface area contributed by atoms with E-state index in [1.165, 1.54) is 0 Å². The molecular weight excluding hydrogens is 234 g/mol. The second-order valence-corrected chi connectivity index (χ2v) is 4.14. The molecule has 0 saturated carbocycles. The van der Waals surface area contributed by atoms with E-state index in [0.29, 0.717) is 6.54 Å². The quantitative estimate of drug-likeness (QED) is 0.840. The minimum Gasteiger partial charge on any atom is -0.481 e. The van der Waals surface area contributed by atoms with Gasteiger partial charge in [-0.2, -0.15) is 0 Å². The van der Waals surface area contributed by atoms with Gasteiger partial charge >= 0.3 is 11.9 Å². The fourth-order valence-electron chi connectivity index (χ4n) is 1.99. The maximum atomic E-state index is 11.1. The Labute approximate surface area is 104 Å². The lowest BCUT2D eigenvalue weighted by atomic mass is 10.0. The zero-order valence-corrected chi connectivity index (χ0v) is 9.61. The van der Waals surface area contributed by atoms with Gasteiger partial charge in [-0.3, -0.25) is 4.79 Å². The number of rotatable bonds is 4. The smallest absolute Gasteiger partial charge is 0.326 e. The van der Waals surface area contributed by atoms with Gasteiger partial charge in [0, 0.05) is 12.7 Å². The summed E-state index contributed by atoms with van der Waals surface area (Å²) in [7, 11) is 0. The van der Waals surface area contributed by atoms with Crippen molar-refractivity contribution in [3.63, 3.8) is 0 Å². The predicted octanol–water partition coefficient (Wildman–Crippen LogP) is 1.40. The monoisotopic (exact) mass is 247 g/mol. The number of hydrogen-bond acceptors (Lipinski definition) is 3. The maximum absolute atomic E-state index is 11.1. The molecule has 5 heteroatoms. The first kappa shape index (κ1) is 12.2. The number of carboxylic acid groups (broad SMARTS) is 2. The molecule has 2 N–H and O–H groups in total. The maximum Gasteiger partial charge on any atom is 0.326 e. The Bertz CT molecular complexity index is 509. The van der Waals surface area contributed by atoms with Gasteiger partial charge < -0.3 is 15.1 Å². The third-order valence-corrected chi connectivity index (χ3v) is 2.91. The highest BCUT2D eigenvalue weighted by Gasteiger charge is 2.27. The van der Waals surface area contributed by atoms with Crippen LogP contribution in [0.1, 0.15) is 17.5 Å². The third kappa shape index (κ3) is 2.51. The lowest BCUT2D eigenvalue weighted by Gasteiger charge is -2.30. The number of fused-ring (bicyclic) bond motifs is 1. The van der Waals surface area contributed by atoms with Gasteiger partial charge in [0.1, 0.15) is 6.04 Å². The number of aliphatic carboxylic acids is 2. The molecule has 1 heterocycles. The van der Waals surface area contributed by atoms with E-state index in [-0.39, 0.29) is 0 Å². The van der Waals surface area contributed by atoms with Crippen LogP contribution in [0.25, 0.3) is 6.08 Å². The van der Waals surface area contributed by atoms with Crippen LogP contribution in [-0.4, -0.2) is 33.1 Å². The number of carbonyl (C=O) groups is 2. The van der Waals surface area contributed by atoms with Gasteiger partial charge in [0.15, 0.2) is 0 Å². The zero-order chi connectivity index (χ0) is 13.1. The summed E-state index contributed by atoms with van der Waals surface area (Å²) in [5, 5.41) is 17.8. The van der Waals surface area contributed by atoms with Crippen LogP contribution in [-0.2, 0) is 16.1 Å². The molecule has 5 nitrogen and oxygen atoms in total. The summed E-state index contributed by atoms with van der Waals surface area (Å²) < 4.78 is 0. The van der Waals surface area contributed by atoms with Crippen LogP contribution in [0.2, 0.25) is 0 Å². The highest BCUT2D eigenvalue weighted by atomic mass is 16.4. The van der Waals surface area contributed by atoms with Crippen molar-refractivity contribution < 1.29 is 19.8 Å². The van der Waals surface area contributed by atoms with Crippen LogP contribution in [0.4, 0.5) is 0 Å². The van der Waals surface area contributed by atoms with E-state index in [9.17, 15) is 9.59 Å². The van der Waals surface area contributed by atoms with E-state index in [4.69, 9.17) is 10.2 Å². The summed E-state index contributed by atoms with van der Waals surface area (Å²) in [5.41, 5.74) is 2.03. The fourth-order valence-corrected chi connectivity index (χ4v) is 1.99. The van der Waals surface area contributed by atoms with E-state index in [0.717, 1.165) is 11.1 Å². The van der Waals surface area contributed by atoms with Crippen LogP contribution < -0.4 is 0 Å². The van der Waals surface area contributed by atoms with Crippen LogP contribution in [0.3, 0.4) is 0 Å². The number of carboxylic acids is 2. The summed E-state index contributed by atoms with van der Waals surface area (Å²) in [6.07, 6.45) is 3.03. The second-order valence-electron chi connectivity index (χ2n) is 4.14. The van der Waals surface area contributed by atoms with Crippen molar-refractivity contribution in [1.29, 1.82) is 0 Å². The summed E-state index contributed by atoms with van der Waals surface area (Å²) in [6.45, 7) is 0.414. The molecule has 0 saturated heterocycles. The molecule has 1 aliphatic heterocycles. The topological polar surface area (TPSA) is 77.8 Å². The van der Waals surface area contributed by atoms with Crippen LogP contribution in [0, 0.1) is 0 Å². The Morgan fingerprint density at radius 2 is 2.00 bits per heavy atom. The average molecular weight is 247 g/mol. The lowest BCUT2D eigenvalue weighted by molar-refractivity contribution is -0.148. The largest absolute Gasteiger partial charge is 0.481 e. The molecule has 0 aliphatic carbocycles. The van der Waals surface area contributed by atoms with Gasteiger partial charge in [0.05, 0.1) is 6.42 Å². The Morgan fingerprint density at radius 3 is 2.67 bits per heavy atom. The van der Waals surface area contributed by atoms with Gasteiger partial charge in [0.25, 0.3) is 0 Å². The Hall–Kier alpha value is -2.30. The first-order chi connectivity index (χ1) is 8.58. The van der Waals surface area contributed by atoms with Crippen molar-refractivity contribution in [3.8, 4) is 0 Å². The molecule has 1 aromatic carbocycles. The first-order valence-electron chi connectivity index (χ1n) is 5.54. The Kier molecular flexibility index (Phi) is 3.32. The standard InChI is InChI=1S/C13H13NO4/c15-12(16)7-11(13(17)18)14-6-5-9-3-1-2-4-10(9)8-14/h1-6,11H,7-8H2,(H,15,16)(H,17,18). The summed E-state index contributed by atoms with van der Waals surface area (Å²) >= 11 is 0. The van der Waals surface area contributed by atoms with Crippen molar-refractivity contribution in [2.45, 2.75) is 19.0 Å². The predicted molar refractivity (Wildman–Crippen MR) is 64.7 cm³/mol. The number of nitrogens with zero attached hydrogens (tertiary/aromatic N) is 1. The molecule has 2 rings (SSSR count). The Balaban J connectivity index is 2.21. The lowest BCUT2D eigenvalue weighted by Crippen LogP contribution is -2.39. The van der Waals surface area contributed by atoms with Gasteiger partial charge in [-0.05, 0) is 17.2 Å². The molecule has 0 spiro atoms. The van der Waals surface area contributed by atoms with Crippen molar-refractivity contribution in [1.82, 2.24) is 4.90 Å². The molecule has 0 amide bonds. The minimum absolute atomic E-state index is 0.414. The van der Waals surface area contributed by atoms with Crippen molar-refractivity contribution in [3.05, 3.63) is 41.6 Å². The van der Waals surface area contributed by atoms with Crippen LogP contribution in [0.15, 0.2) is 30.5 Å². The molecule has 1 aromatic rings. The van der Waals surface area contributed by atoms with E-state index >= 15 is 0 Å². The molecule has 0 radical (unpaired) electrons. The fraction of sp³-hybridized carbons (Fsp3) is 0.231. The minimum atomic E-state index is -1.12. The van der Waals surface area contributed by atoms with Crippen molar-refractivity contribution >= 4 is 18.0 Å². The van der Waals surface area contributed by atoms with Gasteiger partial charge in [-0.1, -0.05) is 24.3 Å². The molecule has 1 aliphatic rings. The highest BCUT2D eigenvalue weighted by Crippen LogP contribution is 2.22. The van der Waals surface area contributed by atoms with Crippen LogP contribution >= 0.6 is 0 Å². The van der Waals surface area contributed by atoms with Crippen molar-refractivity contribution in [2.24, 2.45) is 0 Å². The van der Waals surface area contributed by atoms with E-state index in [1.54, 1.807) is 17.2 Å². The average Bonchev–Trinajstić information content (AvgIpc) is 2.35. The molecule has 0 aromatic heterocycles. The molecule has 94 valence electrons. The van der Waals surface area contributed by atoms with Crippen LogP contribution in [0.5, 0.6) is 0 Å². The van der Waals surface area contributed by atoms with Gasteiger partial charge in [0.2, 0.25) is 0 Å². The second kappa shape index (κ2) is 4.91. The molecule has 0 fully saturated rings.